The summed E-state index contributed by atoms with van der Waals surface area (Å²) >= 11 is 0. The topological polar surface area (TPSA) is 59.1 Å². The second-order valence-electron chi connectivity index (χ2n) is 7.85. The SMILES string of the molecule is COc1ccc([C@@H]2CCCN2C(=O)Cc2ccc(N3CCCC3=O)cc2)c(OC)c1. The lowest BCUT2D eigenvalue weighted by Gasteiger charge is -2.27. The number of carbonyl (C=O) groups excluding carboxylic acids is 2. The smallest absolute Gasteiger partial charge is 0.227 e. The highest BCUT2D eigenvalue weighted by molar-refractivity contribution is 5.95. The van der Waals surface area contributed by atoms with Gasteiger partial charge in [-0.05, 0) is 49.1 Å². The number of hydrogen-bond donors (Lipinski definition) is 0. The third-order valence-corrected chi connectivity index (χ3v) is 6.05. The van der Waals surface area contributed by atoms with Crippen molar-refractivity contribution in [2.45, 2.75) is 38.1 Å². The van der Waals surface area contributed by atoms with Crippen LogP contribution in [0.25, 0.3) is 0 Å². The molecule has 2 heterocycles. The van der Waals surface area contributed by atoms with E-state index in [2.05, 4.69) is 0 Å². The largest absolute Gasteiger partial charge is 0.497 e. The van der Waals surface area contributed by atoms with E-state index in [9.17, 15) is 9.59 Å². The fourth-order valence-electron chi connectivity index (χ4n) is 4.47. The fraction of sp³-hybridized carbons (Fsp3) is 0.417. The van der Waals surface area contributed by atoms with Gasteiger partial charge >= 0.3 is 0 Å². The quantitative estimate of drug-likeness (QED) is 0.731. The summed E-state index contributed by atoms with van der Waals surface area (Å²) in [5, 5.41) is 0. The zero-order valence-electron chi connectivity index (χ0n) is 17.6. The first-order valence-electron chi connectivity index (χ1n) is 10.5. The Morgan fingerprint density at radius 3 is 2.50 bits per heavy atom. The molecule has 0 saturated carbocycles. The Kier molecular flexibility index (Phi) is 5.93. The first-order chi connectivity index (χ1) is 14.6. The van der Waals surface area contributed by atoms with Gasteiger partial charge in [0.1, 0.15) is 11.5 Å². The summed E-state index contributed by atoms with van der Waals surface area (Å²) in [6.07, 6.45) is 3.77. The van der Waals surface area contributed by atoms with Gasteiger partial charge in [-0.25, -0.2) is 0 Å². The Labute approximate surface area is 177 Å². The molecular weight excluding hydrogens is 380 g/mol. The van der Waals surface area contributed by atoms with E-state index >= 15 is 0 Å². The first-order valence-corrected chi connectivity index (χ1v) is 10.5. The Bertz CT molecular complexity index is 925. The summed E-state index contributed by atoms with van der Waals surface area (Å²) in [5.41, 5.74) is 2.89. The van der Waals surface area contributed by atoms with Crippen LogP contribution in [0.5, 0.6) is 11.5 Å². The number of anilines is 1. The van der Waals surface area contributed by atoms with Crippen LogP contribution in [0.15, 0.2) is 42.5 Å². The van der Waals surface area contributed by atoms with Gasteiger partial charge in [-0.1, -0.05) is 12.1 Å². The van der Waals surface area contributed by atoms with Gasteiger partial charge in [-0.3, -0.25) is 9.59 Å². The molecule has 0 spiro atoms. The van der Waals surface area contributed by atoms with Crippen LogP contribution in [0, 0.1) is 0 Å². The number of hydrogen-bond acceptors (Lipinski definition) is 4. The monoisotopic (exact) mass is 408 g/mol. The Morgan fingerprint density at radius 1 is 1.03 bits per heavy atom. The number of nitrogens with zero attached hydrogens (tertiary/aromatic N) is 2. The summed E-state index contributed by atoms with van der Waals surface area (Å²) in [6.45, 7) is 1.52. The maximum atomic E-state index is 13.1. The number of rotatable bonds is 6. The highest BCUT2D eigenvalue weighted by Gasteiger charge is 2.32. The van der Waals surface area contributed by atoms with Crippen LogP contribution >= 0.6 is 0 Å². The van der Waals surface area contributed by atoms with Crippen molar-refractivity contribution in [3.05, 3.63) is 53.6 Å². The van der Waals surface area contributed by atoms with Crippen molar-refractivity contribution in [3.63, 3.8) is 0 Å². The van der Waals surface area contributed by atoms with Crippen LogP contribution in [0.2, 0.25) is 0 Å². The summed E-state index contributed by atoms with van der Waals surface area (Å²) in [4.78, 5) is 28.8. The molecule has 2 aromatic carbocycles. The fourth-order valence-corrected chi connectivity index (χ4v) is 4.47. The minimum Gasteiger partial charge on any atom is -0.497 e. The molecule has 1 atom stereocenters. The molecule has 2 fully saturated rings. The molecule has 30 heavy (non-hydrogen) atoms. The van der Waals surface area contributed by atoms with Gasteiger partial charge in [-0.2, -0.15) is 0 Å². The number of amides is 2. The van der Waals surface area contributed by atoms with Crippen molar-refractivity contribution >= 4 is 17.5 Å². The molecule has 2 aliphatic heterocycles. The standard InChI is InChI=1S/C24H28N2O4/c1-29-19-11-12-20(22(16-19)30-2)21-5-3-14-26(21)24(28)15-17-7-9-18(10-8-17)25-13-4-6-23(25)27/h7-12,16,21H,3-6,13-15H2,1-2H3/t21-/m0/s1. The lowest BCUT2D eigenvalue weighted by Crippen LogP contribution is -2.32. The first kappa shape index (κ1) is 20.3. The number of benzene rings is 2. The van der Waals surface area contributed by atoms with Crippen LogP contribution in [-0.4, -0.2) is 44.0 Å². The molecule has 0 aliphatic carbocycles. The minimum absolute atomic E-state index is 0.0138. The third-order valence-electron chi connectivity index (χ3n) is 6.05. The van der Waals surface area contributed by atoms with Crippen LogP contribution in [0.3, 0.4) is 0 Å². The Hall–Kier alpha value is -3.02. The third kappa shape index (κ3) is 3.99. The highest BCUT2D eigenvalue weighted by atomic mass is 16.5. The molecule has 2 aromatic rings. The van der Waals surface area contributed by atoms with Crippen LogP contribution in [0.1, 0.15) is 42.9 Å². The van der Waals surface area contributed by atoms with Gasteiger partial charge in [0.25, 0.3) is 0 Å². The normalized spacial score (nSPS) is 18.7. The zero-order valence-corrected chi connectivity index (χ0v) is 17.6. The Balaban J connectivity index is 1.47. The summed E-state index contributed by atoms with van der Waals surface area (Å²) in [6, 6.07) is 13.6. The number of likely N-dealkylation sites (tertiary alicyclic amines) is 1. The molecule has 0 bridgehead atoms. The predicted octanol–water partition coefficient (Wildman–Crippen LogP) is 3.74. The Morgan fingerprint density at radius 2 is 1.83 bits per heavy atom. The molecule has 0 aromatic heterocycles. The van der Waals surface area contributed by atoms with Gasteiger partial charge in [0.15, 0.2) is 0 Å². The van der Waals surface area contributed by atoms with Crippen LogP contribution < -0.4 is 14.4 Å². The van der Waals surface area contributed by atoms with Gasteiger partial charge in [-0.15, -0.1) is 0 Å². The summed E-state index contributed by atoms with van der Waals surface area (Å²) in [5.74, 6) is 1.77. The number of ether oxygens (including phenoxy) is 2. The summed E-state index contributed by atoms with van der Waals surface area (Å²) < 4.78 is 10.9. The average molecular weight is 408 g/mol. The van der Waals surface area contributed by atoms with Crippen molar-refractivity contribution in [3.8, 4) is 11.5 Å². The van der Waals surface area contributed by atoms with E-state index in [1.54, 1.807) is 14.2 Å². The van der Waals surface area contributed by atoms with Gasteiger partial charge in [0, 0.05) is 36.8 Å². The highest BCUT2D eigenvalue weighted by Crippen LogP contribution is 2.39. The minimum atomic E-state index is 0.0138. The van der Waals surface area contributed by atoms with Crippen molar-refractivity contribution < 1.29 is 19.1 Å². The van der Waals surface area contributed by atoms with E-state index < -0.39 is 0 Å². The molecule has 6 heteroatoms. The molecule has 2 amide bonds. The van der Waals surface area contributed by atoms with E-state index in [0.29, 0.717) is 12.8 Å². The molecular formula is C24H28N2O4. The van der Waals surface area contributed by atoms with Gasteiger partial charge < -0.3 is 19.3 Å². The molecule has 158 valence electrons. The molecule has 6 nitrogen and oxygen atoms in total. The molecule has 4 rings (SSSR count). The molecule has 0 unspecified atom stereocenters. The lowest BCUT2D eigenvalue weighted by molar-refractivity contribution is -0.131. The van der Waals surface area contributed by atoms with E-state index in [1.165, 1.54) is 0 Å². The second-order valence-corrected chi connectivity index (χ2v) is 7.85. The maximum absolute atomic E-state index is 13.1. The van der Waals surface area contributed by atoms with Gasteiger partial charge in [0.05, 0.1) is 26.7 Å². The molecule has 0 N–H and O–H groups in total. The van der Waals surface area contributed by atoms with E-state index in [-0.39, 0.29) is 17.9 Å². The van der Waals surface area contributed by atoms with Crippen molar-refractivity contribution in [2.75, 3.05) is 32.2 Å². The van der Waals surface area contributed by atoms with Gasteiger partial charge in [0.2, 0.25) is 11.8 Å². The number of carbonyl (C=O) groups is 2. The van der Waals surface area contributed by atoms with Crippen molar-refractivity contribution in [1.82, 2.24) is 4.90 Å². The van der Waals surface area contributed by atoms with E-state index in [4.69, 9.17) is 9.47 Å². The van der Waals surface area contributed by atoms with Crippen molar-refractivity contribution in [1.29, 1.82) is 0 Å². The zero-order chi connectivity index (χ0) is 21.1. The van der Waals surface area contributed by atoms with Crippen LogP contribution in [-0.2, 0) is 16.0 Å². The molecule has 0 radical (unpaired) electrons. The van der Waals surface area contributed by atoms with Crippen LogP contribution in [0.4, 0.5) is 5.69 Å². The van der Waals surface area contributed by atoms with E-state index in [1.807, 2.05) is 52.3 Å². The second kappa shape index (κ2) is 8.78. The number of methoxy groups -OCH3 is 2. The lowest BCUT2D eigenvalue weighted by atomic mass is 10.0. The van der Waals surface area contributed by atoms with Crippen molar-refractivity contribution in [2.24, 2.45) is 0 Å². The molecule has 2 saturated heterocycles. The predicted molar refractivity (Wildman–Crippen MR) is 115 cm³/mol. The summed E-state index contributed by atoms with van der Waals surface area (Å²) in [7, 11) is 3.27. The van der Waals surface area contributed by atoms with E-state index in [0.717, 1.165) is 60.7 Å². The maximum Gasteiger partial charge on any atom is 0.227 e. The average Bonchev–Trinajstić information content (AvgIpc) is 3.43. The molecule has 2 aliphatic rings.